The highest BCUT2D eigenvalue weighted by Gasteiger charge is 2.49. The standard InChI is InChI=1S/C18H17N3O2S2/c22-15(9-14-5-4-8-24-14)19-16-17(23)21-11-13(12-25-18(16)21)10-20-6-2-1-3-7-20/h1-8,11,16,18H,9-10,12H2/p+1/t16?,18-/m1/s1. The van der Waals surface area contributed by atoms with Crippen LogP contribution >= 0.6 is 23.1 Å². The molecule has 25 heavy (non-hydrogen) atoms. The zero-order valence-electron chi connectivity index (χ0n) is 13.5. The van der Waals surface area contributed by atoms with E-state index in [0.717, 1.165) is 17.2 Å². The molecule has 2 aromatic rings. The van der Waals surface area contributed by atoms with E-state index in [-0.39, 0.29) is 17.2 Å². The van der Waals surface area contributed by atoms with E-state index in [1.54, 1.807) is 28.0 Å². The minimum absolute atomic E-state index is 0.0179. The Balaban J connectivity index is 1.36. The van der Waals surface area contributed by atoms with E-state index < -0.39 is 6.04 Å². The Morgan fingerprint density at radius 2 is 2.12 bits per heavy atom. The number of β-lactam (4-membered cyclic amide) rings is 1. The number of thiophene rings is 1. The Kier molecular flexibility index (Phi) is 4.59. The smallest absolute Gasteiger partial charge is 0.253 e. The molecule has 2 aliphatic rings. The molecule has 7 heteroatoms. The highest BCUT2D eigenvalue weighted by Crippen LogP contribution is 2.36. The van der Waals surface area contributed by atoms with Gasteiger partial charge in [0.25, 0.3) is 5.91 Å². The number of nitrogens with zero attached hydrogens (tertiary/aromatic N) is 2. The predicted molar refractivity (Wildman–Crippen MR) is 97.8 cm³/mol. The number of aromatic nitrogens is 1. The largest absolute Gasteiger partial charge is 0.341 e. The van der Waals surface area contributed by atoms with Crippen LogP contribution in [0.3, 0.4) is 0 Å². The van der Waals surface area contributed by atoms with Crippen LogP contribution in [-0.4, -0.2) is 33.9 Å². The van der Waals surface area contributed by atoms with Gasteiger partial charge in [0.2, 0.25) is 5.91 Å². The first-order chi connectivity index (χ1) is 12.2. The number of rotatable bonds is 5. The average molecular weight is 372 g/mol. The van der Waals surface area contributed by atoms with Crippen LogP contribution in [-0.2, 0) is 22.6 Å². The molecule has 0 radical (unpaired) electrons. The molecule has 4 heterocycles. The third kappa shape index (κ3) is 3.48. The van der Waals surface area contributed by atoms with Gasteiger partial charge in [0.15, 0.2) is 18.9 Å². The summed E-state index contributed by atoms with van der Waals surface area (Å²) in [7, 11) is 0. The minimum Gasteiger partial charge on any atom is -0.341 e. The Labute approximate surface area is 154 Å². The van der Waals surface area contributed by atoms with Crippen molar-refractivity contribution < 1.29 is 14.2 Å². The Hall–Kier alpha value is -2.12. The maximum Gasteiger partial charge on any atom is 0.253 e. The van der Waals surface area contributed by atoms with E-state index in [1.807, 2.05) is 54.3 Å². The average Bonchev–Trinajstić information content (AvgIpc) is 3.13. The van der Waals surface area contributed by atoms with Crippen molar-refractivity contribution in [2.75, 3.05) is 5.75 Å². The monoisotopic (exact) mass is 372 g/mol. The van der Waals surface area contributed by atoms with Crippen LogP contribution in [0.25, 0.3) is 0 Å². The van der Waals surface area contributed by atoms with Crippen molar-refractivity contribution in [2.45, 2.75) is 24.4 Å². The zero-order valence-corrected chi connectivity index (χ0v) is 15.1. The molecule has 2 atom stereocenters. The molecule has 0 aliphatic carbocycles. The zero-order chi connectivity index (χ0) is 17.2. The van der Waals surface area contributed by atoms with Crippen LogP contribution in [0.5, 0.6) is 0 Å². The van der Waals surface area contributed by atoms with Gasteiger partial charge in [-0.2, -0.15) is 0 Å². The minimum atomic E-state index is -0.403. The van der Waals surface area contributed by atoms with E-state index in [2.05, 4.69) is 9.88 Å². The Bertz CT molecular complexity index is 805. The van der Waals surface area contributed by atoms with Crippen LogP contribution in [0.15, 0.2) is 59.9 Å². The second-order valence-electron chi connectivity index (χ2n) is 6.08. The van der Waals surface area contributed by atoms with Gasteiger partial charge < -0.3 is 10.2 Å². The van der Waals surface area contributed by atoms with Crippen molar-refractivity contribution in [2.24, 2.45) is 0 Å². The number of amides is 2. The molecule has 1 saturated heterocycles. The summed E-state index contributed by atoms with van der Waals surface area (Å²) in [5, 5.41) is 4.86. The molecule has 0 saturated carbocycles. The predicted octanol–water partition coefficient (Wildman–Crippen LogP) is 1.56. The summed E-state index contributed by atoms with van der Waals surface area (Å²) in [5.41, 5.74) is 1.20. The summed E-state index contributed by atoms with van der Waals surface area (Å²) in [5.74, 6) is 0.760. The normalized spacial score (nSPS) is 22.0. The molecule has 4 rings (SSSR count). The number of hydrogen-bond acceptors (Lipinski definition) is 4. The second kappa shape index (κ2) is 7.01. The van der Waals surface area contributed by atoms with E-state index in [9.17, 15) is 9.59 Å². The Morgan fingerprint density at radius 3 is 2.88 bits per heavy atom. The highest BCUT2D eigenvalue weighted by molar-refractivity contribution is 8.00. The van der Waals surface area contributed by atoms with Gasteiger partial charge in [-0.05, 0) is 11.4 Å². The third-order valence-corrected chi connectivity index (χ3v) is 6.49. The summed E-state index contributed by atoms with van der Waals surface area (Å²) >= 11 is 3.27. The summed E-state index contributed by atoms with van der Waals surface area (Å²) in [6, 6.07) is 9.43. The fourth-order valence-electron chi connectivity index (χ4n) is 3.02. The van der Waals surface area contributed by atoms with Gasteiger partial charge in [0, 0.05) is 34.5 Å². The first-order valence-corrected chi connectivity index (χ1v) is 10.0. The lowest BCUT2D eigenvalue weighted by Crippen LogP contribution is -2.68. The number of thioether (sulfide) groups is 1. The van der Waals surface area contributed by atoms with E-state index in [1.165, 1.54) is 5.57 Å². The van der Waals surface area contributed by atoms with E-state index >= 15 is 0 Å². The van der Waals surface area contributed by atoms with Gasteiger partial charge >= 0.3 is 0 Å². The molecule has 0 bridgehead atoms. The number of nitrogens with one attached hydrogen (secondary N) is 1. The molecule has 1 unspecified atom stereocenters. The molecule has 2 amide bonds. The van der Waals surface area contributed by atoms with Crippen molar-refractivity contribution in [3.63, 3.8) is 0 Å². The van der Waals surface area contributed by atoms with Gasteiger partial charge in [-0.1, -0.05) is 12.1 Å². The first kappa shape index (κ1) is 16.4. The fourth-order valence-corrected chi connectivity index (χ4v) is 4.97. The van der Waals surface area contributed by atoms with Crippen molar-refractivity contribution in [1.29, 1.82) is 0 Å². The van der Waals surface area contributed by atoms with Crippen LogP contribution in [0.4, 0.5) is 0 Å². The molecule has 0 aromatic carbocycles. The molecule has 128 valence electrons. The second-order valence-corrected chi connectivity index (χ2v) is 8.22. The van der Waals surface area contributed by atoms with Gasteiger partial charge in [-0.15, -0.1) is 23.1 Å². The molecule has 5 nitrogen and oxygen atoms in total. The van der Waals surface area contributed by atoms with Crippen LogP contribution in [0.2, 0.25) is 0 Å². The number of hydrogen-bond donors (Lipinski definition) is 1. The number of pyridine rings is 1. The van der Waals surface area contributed by atoms with Crippen molar-refractivity contribution in [1.82, 2.24) is 10.2 Å². The SMILES string of the molecule is O=C(Cc1cccs1)NC1C(=O)N2C=C(C[n+]3ccccc3)CS[C@H]12. The number of carbonyl (C=O) groups excluding carboxylic acids is 2. The van der Waals surface area contributed by atoms with E-state index in [4.69, 9.17) is 0 Å². The number of fused-ring (bicyclic) bond motifs is 1. The molecule has 1 fully saturated rings. The summed E-state index contributed by atoms with van der Waals surface area (Å²) in [6.07, 6.45) is 6.32. The van der Waals surface area contributed by atoms with Crippen molar-refractivity contribution in [3.05, 3.63) is 64.8 Å². The van der Waals surface area contributed by atoms with Gasteiger partial charge in [0.1, 0.15) is 11.4 Å². The fraction of sp³-hybridized carbons (Fsp3) is 0.278. The van der Waals surface area contributed by atoms with Gasteiger partial charge in [0.05, 0.1) is 6.42 Å². The van der Waals surface area contributed by atoms with Crippen LogP contribution in [0.1, 0.15) is 4.88 Å². The van der Waals surface area contributed by atoms with Gasteiger partial charge in [-0.25, -0.2) is 4.57 Å². The topological polar surface area (TPSA) is 53.3 Å². The molecular formula is C18H18N3O2S2+. The van der Waals surface area contributed by atoms with Crippen LogP contribution in [0, 0.1) is 0 Å². The quantitative estimate of drug-likeness (QED) is 0.640. The summed E-state index contributed by atoms with van der Waals surface area (Å²) in [6.45, 7) is 0.778. The molecule has 2 aromatic heterocycles. The summed E-state index contributed by atoms with van der Waals surface area (Å²) in [4.78, 5) is 27.3. The maximum atomic E-state index is 12.4. The lowest BCUT2D eigenvalue weighted by Gasteiger charge is -2.47. The molecule has 1 N–H and O–H groups in total. The molecule has 2 aliphatic heterocycles. The molecular weight excluding hydrogens is 354 g/mol. The lowest BCUT2D eigenvalue weighted by atomic mass is 10.1. The molecule has 0 spiro atoms. The first-order valence-electron chi connectivity index (χ1n) is 8.10. The van der Waals surface area contributed by atoms with Crippen molar-refractivity contribution >= 4 is 34.9 Å². The summed E-state index contributed by atoms with van der Waals surface area (Å²) < 4.78 is 2.09. The van der Waals surface area contributed by atoms with Gasteiger partial charge in [-0.3, -0.25) is 9.59 Å². The Morgan fingerprint density at radius 1 is 1.28 bits per heavy atom. The third-order valence-electron chi connectivity index (χ3n) is 4.24. The van der Waals surface area contributed by atoms with E-state index in [0.29, 0.717) is 6.42 Å². The number of carbonyl (C=O) groups is 2. The van der Waals surface area contributed by atoms with Crippen molar-refractivity contribution in [3.8, 4) is 0 Å². The lowest BCUT2D eigenvalue weighted by molar-refractivity contribution is -0.689. The van der Waals surface area contributed by atoms with Crippen LogP contribution < -0.4 is 9.88 Å². The highest BCUT2D eigenvalue weighted by atomic mass is 32.2. The maximum absolute atomic E-state index is 12.4.